The summed E-state index contributed by atoms with van der Waals surface area (Å²) in [5, 5.41) is 8.83. The van der Waals surface area contributed by atoms with Gasteiger partial charge in [-0.2, -0.15) is 4.31 Å². The molecule has 1 saturated heterocycles. The molecule has 1 unspecified atom stereocenters. The topological polar surface area (TPSA) is 83.9 Å². The number of piperidine rings is 1. The minimum Gasteiger partial charge on any atom is -0.495 e. The second-order valence-electron chi connectivity index (χ2n) is 5.16. The van der Waals surface area contributed by atoms with E-state index in [1.54, 1.807) is 0 Å². The Balaban J connectivity index is 2.41. The van der Waals surface area contributed by atoms with Crippen LogP contribution >= 0.6 is 0 Å². The fraction of sp³-hybridized carbons (Fsp3) is 0.500. The van der Waals surface area contributed by atoms with Gasteiger partial charge in [-0.3, -0.25) is 4.79 Å². The van der Waals surface area contributed by atoms with Gasteiger partial charge in [-0.05, 0) is 30.5 Å². The Morgan fingerprint density at radius 2 is 2.23 bits per heavy atom. The van der Waals surface area contributed by atoms with Crippen LogP contribution in [0.3, 0.4) is 0 Å². The molecule has 1 aromatic carbocycles. The van der Waals surface area contributed by atoms with Crippen molar-refractivity contribution in [3.63, 3.8) is 0 Å². The van der Waals surface area contributed by atoms with Crippen LogP contribution < -0.4 is 4.74 Å². The predicted octanol–water partition coefficient (Wildman–Crippen LogP) is 1.44. The van der Waals surface area contributed by atoms with Crippen LogP contribution in [0.1, 0.15) is 18.4 Å². The molecule has 1 aromatic rings. The number of methoxy groups -OCH3 is 1. The molecule has 0 saturated carbocycles. The number of sulfonamides is 1. The number of hydrogen-bond donors (Lipinski definition) is 1. The van der Waals surface area contributed by atoms with Crippen molar-refractivity contribution in [2.45, 2.75) is 30.3 Å². The van der Waals surface area contributed by atoms with E-state index in [1.165, 1.54) is 25.3 Å². The van der Waals surface area contributed by atoms with Crippen LogP contribution in [0, 0.1) is 0 Å². The van der Waals surface area contributed by atoms with E-state index in [0.29, 0.717) is 18.4 Å². The number of hydrogen-bond acceptors (Lipinski definition) is 4. The maximum Gasteiger partial charge on any atom is 0.307 e. The van der Waals surface area contributed by atoms with E-state index in [4.69, 9.17) is 9.84 Å². The summed E-state index contributed by atoms with van der Waals surface area (Å²) in [6.45, 7) is 0.0592. The fourth-order valence-electron chi connectivity index (χ4n) is 2.46. The standard InChI is InChI=1S/C14H18FNO5S/c1-21-12-5-4-10(8-14(17)18)7-13(12)22(19,20)16-6-2-3-11(15)9-16/h4-5,7,11H,2-3,6,8-9H2,1H3,(H,17,18). The van der Waals surface area contributed by atoms with Gasteiger partial charge in [0.05, 0.1) is 13.5 Å². The van der Waals surface area contributed by atoms with Gasteiger partial charge < -0.3 is 9.84 Å². The third-order valence-corrected chi connectivity index (χ3v) is 5.41. The van der Waals surface area contributed by atoms with Gasteiger partial charge >= 0.3 is 5.97 Å². The van der Waals surface area contributed by atoms with Crippen molar-refractivity contribution in [1.29, 1.82) is 0 Å². The molecule has 6 nitrogen and oxygen atoms in total. The molecule has 1 N–H and O–H groups in total. The van der Waals surface area contributed by atoms with Crippen molar-refractivity contribution in [1.82, 2.24) is 4.31 Å². The average molecular weight is 331 g/mol. The molecule has 1 aliphatic rings. The Morgan fingerprint density at radius 1 is 1.50 bits per heavy atom. The Hall–Kier alpha value is -1.67. The van der Waals surface area contributed by atoms with Crippen LogP contribution in [0.15, 0.2) is 23.1 Å². The first-order chi connectivity index (χ1) is 10.3. The molecule has 8 heteroatoms. The van der Waals surface area contributed by atoms with E-state index < -0.39 is 22.2 Å². The van der Waals surface area contributed by atoms with Crippen LogP contribution in [0.5, 0.6) is 5.75 Å². The SMILES string of the molecule is COc1ccc(CC(=O)O)cc1S(=O)(=O)N1CCCC(F)C1. The van der Waals surface area contributed by atoms with E-state index in [0.717, 1.165) is 4.31 Å². The first kappa shape index (κ1) is 16.7. The molecule has 1 atom stereocenters. The molecule has 2 rings (SSSR count). The van der Waals surface area contributed by atoms with Crippen LogP contribution in [-0.4, -0.2) is 50.2 Å². The van der Waals surface area contributed by atoms with E-state index in [-0.39, 0.29) is 30.2 Å². The van der Waals surface area contributed by atoms with Gasteiger partial charge in [0, 0.05) is 13.1 Å². The summed E-state index contributed by atoms with van der Waals surface area (Å²) in [6.07, 6.45) is -0.672. The number of nitrogens with zero attached hydrogens (tertiary/aromatic N) is 1. The third-order valence-electron chi connectivity index (χ3n) is 3.53. The summed E-state index contributed by atoms with van der Waals surface area (Å²) in [5.74, 6) is -0.939. The number of alkyl halides is 1. The number of carboxylic acid groups (broad SMARTS) is 1. The lowest BCUT2D eigenvalue weighted by Crippen LogP contribution is -2.40. The smallest absolute Gasteiger partial charge is 0.307 e. The zero-order chi connectivity index (χ0) is 16.3. The second-order valence-corrected chi connectivity index (χ2v) is 7.06. The normalized spacial score (nSPS) is 19.8. The quantitative estimate of drug-likeness (QED) is 0.883. The molecule has 1 aliphatic heterocycles. The lowest BCUT2D eigenvalue weighted by molar-refractivity contribution is -0.136. The predicted molar refractivity (Wildman–Crippen MR) is 77.2 cm³/mol. The van der Waals surface area contributed by atoms with Crippen molar-refractivity contribution >= 4 is 16.0 Å². The van der Waals surface area contributed by atoms with Gasteiger partial charge in [0.25, 0.3) is 0 Å². The highest BCUT2D eigenvalue weighted by molar-refractivity contribution is 7.89. The van der Waals surface area contributed by atoms with Gasteiger partial charge in [-0.15, -0.1) is 0 Å². The molecule has 0 aliphatic carbocycles. The fourth-order valence-corrected chi connectivity index (χ4v) is 4.17. The van der Waals surface area contributed by atoms with Gasteiger partial charge in [0.1, 0.15) is 16.8 Å². The summed E-state index contributed by atoms with van der Waals surface area (Å²) in [7, 11) is -2.59. The lowest BCUT2D eigenvalue weighted by atomic mass is 10.1. The Morgan fingerprint density at radius 3 is 2.82 bits per heavy atom. The van der Waals surface area contributed by atoms with Crippen molar-refractivity contribution in [2.24, 2.45) is 0 Å². The Labute approximate surface area is 128 Å². The van der Waals surface area contributed by atoms with Crippen LogP contribution in [0.4, 0.5) is 4.39 Å². The van der Waals surface area contributed by atoms with Crippen molar-refractivity contribution in [3.05, 3.63) is 23.8 Å². The number of carboxylic acids is 1. The largest absolute Gasteiger partial charge is 0.495 e. The summed E-state index contributed by atoms with van der Waals surface area (Å²) in [5.41, 5.74) is 0.348. The number of benzene rings is 1. The van der Waals surface area contributed by atoms with Crippen molar-refractivity contribution in [3.8, 4) is 5.75 Å². The molecule has 0 spiro atoms. The zero-order valence-electron chi connectivity index (χ0n) is 12.2. The first-order valence-corrected chi connectivity index (χ1v) is 8.31. The average Bonchev–Trinajstić information content (AvgIpc) is 2.46. The molecule has 0 bridgehead atoms. The molecule has 1 fully saturated rings. The molecular weight excluding hydrogens is 313 g/mol. The molecule has 0 aromatic heterocycles. The van der Waals surface area contributed by atoms with Gasteiger partial charge in [0.15, 0.2) is 0 Å². The van der Waals surface area contributed by atoms with E-state index in [1.807, 2.05) is 0 Å². The molecule has 122 valence electrons. The van der Waals surface area contributed by atoms with E-state index in [2.05, 4.69) is 0 Å². The number of ether oxygens (including phenoxy) is 1. The summed E-state index contributed by atoms with van der Waals surface area (Å²) in [6, 6.07) is 4.20. The monoisotopic (exact) mass is 331 g/mol. The number of rotatable bonds is 5. The molecule has 0 radical (unpaired) electrons. The molecular formula is C14H18FNO5S. The lowest BCUT2D eigenvalue weighted by Gasteiger charge is -2.28. The van der Waals surface area contributed by atoms with Crippen molar-refractivity contribution in [2.75, 3.05) is 20.2 Å². The van der Waals surface area contributed by atoms with Crippen LogP contribution in [-0.2, 0) is 21.2 Å². The Bertz CT molecular complexity index is 661. The van der Waals surface area contributed by atoms with E-state index >= 15 is 0 Å². The third kappa shape index (κ3) is 3.56. The maximum absolute atomic E-state index is 13.5. The minimum atomic E-state index is -3.92. The highest BCUT2D eigenvalue weighted by atomic mass is 32.2. The van der Waals surface area contributed by atoms with Gasteiger partial charge in [-0.25, -0.2) is 12.8 Å². The number of halogens is 1. The minimum absolute atomic E-state index is 0.120. The maximum atomic E-state index is 13.5. The van der Waals surface area contributed by atoms with Crippen molar-refractivity contribution < 1.29 is 27.4 Å². The number of aliphatic carboxylic acids is 1. The van der Waals surface area contributed by atoms with E-state index in [9.17, 15) is 17.6 Å². The zero-order valence-corrected chi connectivity index (χ0v) is 13.0. The summed E-state index contributed by atoms with van der Waals surface area (Å²) >= 11 is 0. The molecule has 0 amide bonds. The first-order valence-electron chi connectivity index (χ1n) is 6.87. The van der Waals surface area contributed by atoms with Gasteiger partial charge in [0.2, 0.25) is 10.0 Å². The highest BCUT2D eigenvalue weighted by Gasteiger charge is 2.32. The Kier molecular flexibility index (Phi) is 5.02. The molecule has 1 heterocycles. The van der Waals surface area contributed by atoms with Gasteiger partial charge in [-0.1, -0.05) is 6.07 Å². The van der Waals surface area contributed by atoms with Crippen LogP contribution in [0.25, 0.3) is 0 Å². The number of carbonyl (C=O) groups is 1. The summed E-state index contributed by atoms with van der Waals surface area (Å²) in [4.78, 5) is 10.7. The molecule has 22 heavy (non-hydrogen) atoms. The second kappa shape index (κ2) is 6.62. The summed E-state index contributed by atoms with van der Waals surface area (Å²) < 4.78 is 45.0. The van der Waals surface area contributed by atoms with Crippen LogP contribution in [0.2, 0.25) is 0 Å². The highest BCUT2D eigenvalue weighted by Crippen LogP contribution is 2.30.